The fraction of sp³-hybridized carbons (Fsp3) is 0.250. The fourth-order valence-electron chi connectivity index (χ4n) is 1.94. The Hall–Kier alpha value is -2.74. The molecule has 3 N–H and O–H groups in total. The van der Waals surface area contributed by atoms with E-state index in [0.29, 0.717) is 6.26 Å². The molecular formula is C16H21N3O8S2. The standard InChI is InChI=1S/C13H12N2O8S2.C3H9N/c1-24(18,19)15(25(20,21)22)12-8-7-10(14(16)17)9-13(12)23-11-5-3-2-4-6-11;1-2-3-4/h2-9H,1H3,(H,20,21,22);2-4H2,1H3. The van der Waals surface area contributed by atoms with Gasteiger partial charge in [0.1, 0.15) is 11.4 Å². The van der Waals surface area contributed by atoms with Crippen LogP contribution >= 0.6 is 0 Å². The van der Waals surface area contributed by atoms with Gasteiger partial charge in [0.2, 0.25) is 10.0 Å². The molecule has 0 aromatic heterocycles. The van der Waals surface area contributed by atoms with Crippen LogP contribution < -0.4 is 14.2 Å². The normalized spacial score (nSPS) is 11.2. The Morgan fingerprint density at radius 2 is 1.69 bits per heavy atom. The molecule has 0 saturated heterocycles. The topological polar surface area (TPSA) is 170 Å². The molecule has 0 aliphatic carbocycles. The minimum Gasteiger partial charge on any atom is -0.455 e. The zero-order chi connectivity index (χ0) is 22.2. The molecule has 0 unspecified atom stereocenters. The molecule has 0 atom stereocenters. The Labute approximate surface area is 168 Å². The summed E-state index contributed by atoms with van der Waals surface area (Å²) in [6.07, 6.45) is 1.65. The molecule has 2 rings (SSSR count). The van der Waals surface area contributed by atoms with Crippen molar-refractivity contribution in [3.05, 3.63) is 58.6 Å². The second kappa shape index (κ2) is 10.2. The van der Waals surface area contributed by atoms with E-state index in [4.69, 9.17) is 10.5 Å². The van der Waals surface area contributed by atoms with Crippen LogP contribution in [-0.4, -0.2) is 39.1 Å². The second-order valence-corrected chi connectivity index (χ2v) is 8.87. The Balaban J connectivity index is 0.000000960. The molecule has 0 spiro atoms. The molecule has 29 heavy (non-hydrogen) atoms. The van der Waals surface area contributed by atoms with Crippen LogP contribution in [0.15, 0.2) is 48.5 Å². The van der Waals surface area contributed by atoms with Gasteiger partial charge in [-0.2, -0.15) is 8.42 Å². The number of nitrogens with two attached hydrogens (primary N) is 1. The molecule has 2 aromatic rings. The van der Waals surface area contributed by atoms with E-state index in [9.17, 15) is 31.5 Å². The lowest BCUT2D eigenvalue weighted by Crippen LogP contribution is -2.35. The van der Waals surface area contributed by atoms with Gasteiger partial charge in [0.05, 0.1) is 17.2 Å². The number of para-hydroxylation sites is 1. The number of rotatable bonds is 7. The molecule has 2 aromatic carbocycles. The largest absolute Gasteiger partial charge is 0.455 e. The summed E-state index contributed by atoms with van der Waals surface area (Å²) in [5.74, 6) is -0.267. The van der Waals surface area contributed by atoms with Gasteiger partial charge in [0.15, 0.2) is 5.75 Å². The van der Waals surface area contributed by atoms with Gasteiger partial charge < -0.3 is 10.5 Å². The zero-order valence-electron chi connectivity index (χ0n) is 15.6. The predicted octanol–water partition coefficient (Wildman–Crippen LogP) is 2.31. The van der Waals surface area contributed by atoms with Crippen molar-refractivity contribution in [3.63, 3.8) is 0 Å². The van der Waals surface area contributed by atoms with Crippen molar-refractivity contribution < 1.29 is 31.0 Å². The van der Waals surface area contributed by atoms with Crippen molar-refractivity contribution >= 4 is 31.7 Å². The Bertz CT molecular complexity index is 1010. The van der Waals surface area contributed by atoms with Gasteiger partial charge in [-0.05, 0) is 31.2 Å². The lowest BCUT2D eigenvalue weighted by atomic mass is 10.2. The number of nitrogens with zero attached hydrogens (tertiary/aromatic N) is 2. The molecule has 0 saturated carbocycles. The summed E-state index contributed by atoms with van der Waals surface area (Å²) in [5.41, 5.74) is 3.97. The van der Waals surface area contributed by atoms with Gasteiger partial charge in [0, 0.05) is 6.07 Å². The van der Waals surface area contributed by atoms with E-state index in [1.807, 2.05) is 0 Å². The minimum absolute atomic E-state index is 0.174. The highest BCUT2D eigenvalue weighted by molar-refractivity contribution is 8.07. The van der Waals surface area contributed by atoms with E-state index in [-0.39, 0.29) is 9.46 Å². The van der Waals surface area contributed by atoms with Crippen molar-refractivity contribution in [1.82, 2.24) is 0 Å². The first kappa shape index (κ1) is 24.3. The number of nitro benzene ring substituents is 1. The summed E-state index contributed by atoms with van der Waals surface area (Å²) in [7, 11) is -9.71. The van der Waals surface area contributed by atoms with Gasteiger partial charge in [0.25, 0.3) is 5.69 Å². The van der Waals surface area contributed by atoms with Crippen molar-refractivity contribution in [2.75, 3.05) is 16.5 Å². The highest BCUT2D eigenvalue weighted by Gasteiger charge is 2.33. The summed E-state index contributed by atoms with van der Waals surface area (Å²) in [6, 6.07) is 10.4. The van der Waals surface area contributed by atoms with Crippen LogP contribution in [0.5, 0.6) is 11.5 Å². The quantitative estimate of drug-likeness (QED) is 0.367. The number of nitro groups is 1. The third-order valence-electron chi connectivity index (χ3n) is 3.12. The first-order valence-corrected chi connectivity index (χ1v) is 11.4. The van der Waals surface area contributed by atoms with Crippen molar-refractivity contribution in [1.29, 1.82) is 0 Å². The third kappa shape index (κ3) is 7.30. The number of benzene rings is 2. The number of non-ortho nitro benzene ring substituents is 1. The Kier molecular flexibility index (Phi) is 8.51. The molecular weight excluding hydrogens is 426 g/mol. The maximum absolute atomic E-state index is 11.8. The third-order valence-corrected chi connectivity index (χ3v) is 5.91. The minimum atomic E-state index is -5.23. The maximum atomic E-state index is 11.8. The van der Waals surface area contributed by atoms with Crippen LogP contribution in [0.25, 0.3) is 0 Å². The summed E-state index contributed by atoms with van der Waals surface area (Å²) < 4.78 is 61.0. The highest BCUT2D eigenvalue weighted by Crippen LogP contribution is 2.37. The predicted molar refractivity (Wildman–Crippen MR) is 108 cm³/mol. The molecule has 0 amide bonds. The van der Waals surface area contributed by atoms with Crippen LogP contribution in [0.3, 0.4) is 0 Å². The van der Waals surface area contributed by atoms with E-state index in [1.54, 1.807) is 18.2 Å². The van der Waals surface area contributed by atoms with Crippen molar-refractivity contribution in [2.24, 2.45) is 5.73 Å². The second-order valence-electron chi connectivity index (χ2n) is 5.55. The monoisotopic (exact) mass is 447 g/mol. The SMILES string of the molecule is CCCN.CS(=O)(=O)N(c1ccc([N+](=O)[O-])cc1Oc1ccccc1)S(=O)(=O)O. The van der Waals surface area contributed by atoms with Crippen LogP contribution in [-0.2, 0) is 20.3 Å². The first-order valence-electron chi connectivity index (χ1n) is 8.11. The van der Waals surface area contributed by atoms with Crippen molar-refractivity contribution in [2.45, 2.75) is 13.3 Å². The first-order chi connectivity index (χ1) is 13.4. The van der Waals surface area contributed by atoms with Crippen molar-refractivity contribution in [3.8, 4) is 11.5 Å². The number of sulfonamides is 1. The summed E-state index contributed by atoms with van der Waals surface area (Å²) >= 11 is 0. The van der Waals surface area contributed by atoms with Crippen LogP contribution in [0.1, 0.15) is 13.3 Å². The lowest BCUT2D eigenvalue weighted by molar-refractivity contribution is -0.384. The Morgan fingerprint density at radius 3 is 2.10 bits per heavy atom. The lowest BCUT2D eigenvalue weighted by Gasteiger charge is -2.20. The van der Waals surface area contributed by atoms with E-state index >= 15 is 0 Å². The van der Waals surface area contributed by atoms with Crippen LogP contribution in [0, 0.1) is 10.1 Å². The maximum Gasteiger partial charge on any atom is 0.373 e. The number of hydrogen-bond donors (Lipinski definition) is 2. The van der Waals surface area contributed by atoms with Gasteiger partial charge >= 0.3 is 10.3 Å². The molecule has 160 valence electrons. The average molecular weight is 447 g/mol. The molecule has 0 aliphatic heterocycles. The van der Waals surface area contributed by atoms with E-state index in [1.165, 1.54) is 12.1 Å². The zero-order valence-corrected chi connectivity index (χ0v) is 17.3. The van der Waals surface area contributed by atoms with Crippen LogP contribution in [0.4, 0.5) is 11.4 Å². The smallest absolute Gasteiger partial charge is 0.373 e. The molecule has 0 aliphatic rings. The molecule has 0 bridgehead atoms. The molecule has 0 fully saturated rings. The van der Waals surface area contributed by atoms with Crippen LogP contribution in [0.2, 0.25) is 0 Å². The molecule has 13 heteroatoms. The van der Waals surface area contributed by atoms with Gasteiger partial charge in [-0.1, -0.05) is 25.1 Å². The van der Waals surface area contributed by atoms with E-state index in [2.05, 4.69) is 6.92 Å². The molecule has 0 heterocycles. The molecule has 11 nitrogen and oxygen atoms in total. The van der Waals surface area contributed by atoms with E-state index < -0.39 is 42.4 Å². The number of ether oxygens (including phenoxy) is 1. The molecule has 0 radical (unpaired) electrons. The fourth-order valence-corrected chi connectivity index (χ4v) is 4.21. The van der Waals surface area contributed by atoms with Gasteiger partial charge in [-0.15, -0.1) is 3.71 Å². The summed E-state index contributed by atoms with van der Waals surface area (Å²) in [5, 5.41) is 10.9. The summed E-state index contributed by atoms with van der Waals surface area (Å²) in [4.78, 5) is 10.2. The number of anilines is 1. The van der Waals surface area contributed by atoms with E-state index in [0.717, 1.165) is 31.2 Å². The highest BCUT2D eigenvalue weighted by atomic mass is 32.3. The summed E-state index contributed by atoms with van der Waals surface area (Å²) in [6.45, 7) is 2.88. The number of hydrogen-bond acceptors (Lipinski definition) is 8. The van der Waals surface area contributed by atoms with Gasteiger partial charge in [-0.25, -0.2) is 8.42 Å². The Morgan fingerprint density at radius 1 is 1.14 bits per heavy atom. The van der Waals surface area contributed by atoms with Gasteiger partial charge in [-0.3, -0.25) is 14.7 Å². The average Bonchev–Trinajstić information content (AvgIpc) is 2.61.